The number of rotatable bonds is 5. The number of benzene rings is 1. The highest BCUT2D eigenvalue weighted by Crippen LogP contribution is 2.19. The maximum Gasteiger partial charge on any atom is 0.0175 e. The molecule has 1 N–H and O–H groups in total. The molecule has 0 saturated heterocycles. The Morgan fingerprint density at radius 3 is 2.11 bits per heavy atom. The van der Waals surface area contributed by atoms with Crippen molar-refractivity contribution in [2.24, 2.45) is 11.8 Å². The molecule has 0 bridgehead atoms. The van der Waals surface area contributed by atoms with Crippen LogP contribution in [0.2, 0.25) is 0 Å². The highest BCUT2D eigenvalue weighted by Gasteiger charge is 2.17. The first kappa shape index (κ1) is 15.7. The van der Waals surface area contributed by atoms with Crippen molar-refractivity contribution in [3.05, 3.63) is 34.3 Å². The standard InChI is InChI=1S/C16H26BrN/c1-12(2)14(11-18-16(3,4)5)10-13-6-8-15(17)9-7-13/h6-9,12,14,18H,10-11H2,1-5H3. The van der Waals surface area contributed by atoms with Gasteiger partial charge in [-0.05, 0) is 63.3 Å². The van der Waals surface area contributed by atoms with Crippen molar-refractivity contribution < 1.29 is 0 Å². The molecule has 0 amide bonds. The van der Waals surface area contributed by atoms with Crippen molar-refractivity contribution >= 4 is 15.9 Å². The predicted molar refractivity (Wildman–Crippen MR) is 83.9 cm³/mol. The Kier molecular flexibility index (Phi) is 5.87. The summed E-state index contributed by atoms with van der Waals surface area (Å²) in [4.78, 5) is 0. The van der Waals surface area contributed by atoms with E-state index in [9.17, 15) is 0 Å². The average Bonchev–Trinajstić information content (AvgIpc) is 2.25. The molecule has 0 saturated carbocycles. The fraction of sp³-hybridized carbons (Fsp3) is 0.625. The molecule has 0 fully saturated rings. The molecule has 0 aliphatic heterocycles. The lowest BCUT2D eigenvalue weighted by molar-refractivity contribution is 0.312. The molecule has 0 radical (unpaired) electrons. The molecule has 1 rings (SSSR count). The van der Waals surface area contributed by atoms with E-state index in [4.69, 9.17) is 0 Å². The Bertz CT molecular complexity index is 348. The van der Waals surface area contributed by atoms with E-state index in [-0.39, 0.29) is 5.54 Å². The van der Waals surface area contributed by atoms with Crippen molar-refractivity contribution in [2.75, 3.05) is 6.54 Å². The second kappa shape index (κ2) is 6.72. The lowest BCUT2D eigenvalue weighted by atomic mass is 9.88. The van der Waals surface area contributed by atoms with Crippen molar-refractivity contribution in [1.82, 2.24) is 5.32 Å². The molecule has 1 atom stereocenters. The second-order valence-corrected chi connectivity index (χ2v) is 7.38. The summed E-state index contributed by atoms with van der Waals surface area (Å²) in [5, 5.41) is 3.63. The highest BCUT2D eigenvalue weighted by atomic mass is 79.9. The zero-order chi connectivity index (χ0) is 13.8. The van der Waals surface area contributed by atoms with E-state index < -0.39 is 0 Å². The van der Waals surface area contributed by atoms with E-state index in [0.29, 0.717) is 11.8 Å². The summed E-state index contributed by atoms with van der Waals surface area (Å²) in [5.41, 5.74) is 1.62. The molecule has 1 unspecified atom stereocenters. The minimum Gasteiger partial charge on any atom is -0.312 e. The maximum atomic E-state index is 3.63. The monoisotopic (exact) mass is 311 g/mol. The molecule has 0 spiro atoms. The zero-order valence-corrected chi connectivity index (χ0v) is 13.8. The Labute approximate surface area is 120 Å². The van der Waals surface area contributed by atoms with Crippen LogP contribution in [0.3, 0.4) is 0 Å². The minimum absolute atomic E-state index is 0.201. The van der Waals surface area contributed by atoms with Gasteiger partial charge in [-0.25, -0.2) is 0 Å². The third-order valence-electron chi connectivity index (χ3n) is 3.25. The molecule has 1 nitrogen and oxygen atoms in total. The molecule has 0 aliphatic rings. The van der Waals surface area contributed by atoms with E-state index in [2.05, 4.69) is 80.1 Å². The normalized spacial score (nSPS) is 13.9. The van der Waals surface area contributed by atoms with Crippen LogP contribution in [-0.4, -0.2) is 12.1 Å². The SMILES string of the molecule is CC(C)C(CNC(C)(C)C)Cc1ccc(Br)cc1. The summed E-state index contributed by atoms with van der Waals surface area (Å²) in [6.07, 6.45) is 1.15. The Hall–Kier alpha value is -0.340. The van der Waals surface area contributed by atoms with Crippen molar-refractivity contribution in [1.29, 1.82) is 0 Å². The molecule has 0 aromatic heterocycles. The van der Waals surface area contributed by atoms with Gasteiger partial charge in [0.25, 0.3) is 0 Å². The molecule has 0 heterocycles. The Balaban J connectivity index is 2.60. The van der Waals surface area contributed by atoms with Gasteiger partial charge in [0.1, 0.15) is 0 Å². The van der Waals surface area contributed by atoms with Crippen LogP contribution in [0.5, 0.6) is 0 Å². The van der Waals surface area contributed by atoms with Gasteiger partial charge in [-0.1, -0.05) is 41.9 Å². The maximum absolute atomic E-state index is 3.63. The molecular weight excluding hydrogens is 286 g/mol. The van der Waals surface area contributed by atoms with Crippen molar-refractivity contribution in [2.45, 2.75) is 46.6 Å². The van der Waals surface area contributed by atoms with Gasteiger partial charge >= 0.3 is 0 Å². The van der Waals surface area contributed by atoms with Crippen LogP contribution in [0.25, 0.3) is 0 Å². The van der Waals surface area contributed by atoms with Gasteiger partial charge in [-0.15, -0.1) is 0 Å². The topological polar surface area (TPSA) is 12.0 Å². The van der Waals surface area contributed by atoms with Crippen LogP contribution in [0.4, 0.5) is 0 Å². The first-order valence-corrected chi connectivity index (χ1v) is 7.56. The number of hydrogen-bond acceptors (Lipinski definition) is 1. The van der Waals surface area contributed by atoms with Crippen molar-refractivity contribution in [3.8, 4) is 0 Å². The van der Waals surface area contributed by atoms with E-state index in [1.54, 1.807) is 0 Å². The first-order valence-electron chi connectivity index (χ1n) is 6.77. The Morgan fingerprint density at radius 2 is 1.67 bits per heavy atom. The van der Waals surface area contributed by atoms with Crippen LogP contribution in [0.15, 0.2) is 28.7 Å². The molecule has 1 aromatic rings. The smallest absolute Gasteiger partial charge is 0.0175 e. The van der Waals surface area contributed by atoms with Gasteiger partial charge in [0.05, 0.1) is 0 Å². The minimum atomic E-state index is 0.201. The fourth-order valence-electron chi connectivity index (χ4n) is 1.90. The van der Waals surface area contributed by atoms with Crippen LogP contribution >= 0.6 is 15.9 Å². The van der Waals surface area contributed by atoms with Gasteiger partial charge in [-0.2, -0.15) is 0 Å². The van der Waals surface area contributed by atoms with E-state index >= 15 is 0 Å². The third kappa shape index (κ3) is 6.01. The summed E-state index contributed by atoms with van der Waals surface area (Å²) in [7, 11) is 0. The second-order valence-electron chi connectivity index (χ2n) is 6.47. The predicted octanol–water partition coefficient (Wildman–Crippen LogP) is 4.65. The molecule has 2 heteroatoms. The van der Waals surface area contributed by atoms with Gasteiger partial charge < -0.3 is 5.32 Å². The lowest BCUT2D eigenvalue weighted by Crippen LogP contribution is -2.40. The molecule has 1 aromatic carbocycles. The molecule has 18 heavy (non-hydrogen) atoms. The van der Waals surface area contributed by atoms with Crippen LogP contribution in [0, 0.1) is 11.8 Å². The number of nitrogens with one attached hydrogen (secondary N) is 1. The zero-order valence-electron chi connectivity index (χ0n) is 12.3. The summed E-state index contributed by atoms with van der Waals surface area (Å²) in [6, 6.07) is 8.70. The van der Waals surface area contributed by atoms with E-state index in [0.717, 1.165) is 17.4 Å². The average molecular weight is 312 g/mol. The van der Waals surface area contributed by atoms with Gasteiger partial charge in [0.15, 0.2) is 0 Å². The summed E-state index contributed by atoms with van der Waals surface area (Å²) < 4.78 is 1.15. The van der Waals surface area contributed by atoms with Crippen molar-refractivity contribution in [3.63, 3.8) is 0 Å². The largest absolute Gasteiger partial charge is 0.312 e. The van der Waals surface area contributed by atoms with Crippen LogP contribution in [0.1, 0.15) is 40.2 Å². The third-order valence-corrected chi connectivity index (χ3v) is 3.78. The quantitative estimate of drug-likeness (QED) is 0.834. The van der Waals surface area contributed by atoms with Crippen LogP contribution < -0.4 is 5.32 Å². The molecule has 102 valence electrons. The molecule has 0 aliphatic carbocycles. The van der Waals surface area contributed by atoms with Gasteiger partial charge in [0, 0.05) is 10.0 Å². The Morgan fingerprint density at radius 1 is 1.11 bits per heavy atom. The van der Waals surface area contributed by atoms with Gasteiger partial charge in [0.2, 0.25) is 0 Å². The highest BCUT2D eigenvalue weighted by molar-refractivity contribution is 9.10. The first-order chi connectivity index (χ1) is 8.28. The van der Waals surface area contributed by atoms with E-state index in [1.165, 1.54) is 5.56 Å². The van der Waals surface area contributed by atoms with E-state index in [1.807, 2.05) is 0 Å². The number of halogens is 1. The number of hydrogen-bond donors (Lipinski definition) is 1. The molecular formula is C16H26BrN. The fourth-order valence-corrected chi connectivity index (χ4v) is 2.17. The summed E-state index contributed by atoms with van der Waals surface area (Å²) >= 11 is 3.49. The van der Waals surface area contributed by atoms with Crippen LogP contribution in [-0.2, 0) is 6.42 Å². The lowest BCUT2D eigenvalue weighted by Gasteiger charge is -2.27. The van der Waals surface area contributed by atoms with Gasteiger partial charge in [-0.3, -0.25) is 0 Å². The summed E-state index contributed by atoms with van der Waals surface area (Å²) in [5.74, 6) is 1.38. The summed E-state index contributed by atoms with van der Waals surface area (Å²) in [6.45, 7) is 12.4.